The molecule has 262 valence electrons. The molecule has 0 unspecified atom stereocenters. The largest absolute Gasteiger partial charge is 0.308 e. The van der Waals surface area contributed by atoms with E-state index in [4.69, 9.17) is 28.7 Å². The van der Waals surface area contributed by atoms with Crippen molar-refractivity contribution >= 4 is 43.6 Å². The first kappa shape index (κ1) is 21.9. The third-order valence-corrected chi connectivity index (χ3v) is 9.89. The highest BCUT2D eigenvalue weighted by Gasteiger charge is 2.22. The molecule has 3 heterocycles. The Labute approximate surface area is 340 Å². The molecule has 11 rings (SSSR count). The number of nitrogens with zero attached hydrogens (tertiary/aromatic N) is 5. The smallest absolute Gasteiger partial charge is 0.238 e. The number of rotatable bonds is 6. The first-order valence-electron chi connectivity index (χ1n) is 23.9. The number of aromatic nitrogens is 5. The van der Waals surface area contributed by atoms with Crippen LogP contribution in [0.1, 0.15) is 16.4 Å². The molecule has 8 aromatic carbocycles. The molecule has 0 fully saturated rings. The van der Waals surface area contributed by atoms with Crippen LogP contribution in [0.25, 0.3) is 100 Å². The zero-order chi connectivity index (χ0) is 47.4. The zero-order valence-corrected chi connectivity index (χ0v) is 29.4. The lowest BCUT2D eigenvalue weighted by molar-refractivity contribution is 0.952. The predicted octanol–water partition coefficient (Wildman–Crippen LogP) is 12.7. The summed E-state index contributed by atoms with van der Waals surface area (Å²) in [6, 6.07) is 34.2. The third-order valence-electron chi connectivity index (χ3n) is 9.89. The summed E-state index contributed by atoms with van der Waals surface area (Å²) in [6.07, 6.45) is 0. The lowest BCUT2D eigenvalue weighted by Gasteiger charge is -2.17. The van der Waals surface area contributed by atoms with E-state index in [1.54, 1.807) is 34.9 Å². The average molecular weight is 728 g/mol. The minimum atomic E-state index is -0.303. The van der Waals surface area contributed by atoms with Crippen molar-refractivity contribution in [2.45, 2.75) is 0 Å². The molecular weight excluding hydrogens is 683 g/mol. The van der Waals surface area contributed by atoms with Crippen LogP contribution in [-0.2, 0) is 0 Å². The van der Waals surface area contributed by atoms with Crippen LogP contribution in [0.2, 0.25) is 0 Å². The van der Waals surface area contributed by atoms with Gasteiger partial charge >= 0.3 is 0 Å². The molecule has 0 aliphatic carbocycles. The third kappa shape index (κ3) is 5.21. The highest BCUT2D eigenvalue weighted by molar-refractivity contribution is 6.10. The zero-order valence-electron chi connectivity index (χ0n) is 41.4. The van der Waals surface area contributed by atoms with E-state index in [2.05, 4.69) is 0 Å². The fraction of sp³-hybridized carbons (Fsp3) is 0. The second-order valence-electron chi connectivity index (χ2n) is 13.1. The van der Waals surface area contributed by atoms with Gasteiger partial charge in [0.25, 0.3) is 0 Å². The first-order valence-corrected chi connectivity index (χ1v) is 17.9. The van der Waals surface area contributed by atoms with Gasteiger partial charge in [-0.05, 0) is 64.6 Å². The molecule has 0 amide bonds. The minimum absolute atomic E-state index is 0.0206. The van der Waals surface area contributed by atoms with E-state index in [9.17, 15) is 2.74 Å². The van der Waals surface area contributed by atoms with E-state index in [0.717, 1.165) is 16.7 Å². The van der Waals surface area contributed by atoms with Gasteiger partial charge in [-0.2, -0.15) is 9.97 Å². The highest BCUT2D eigenvalue weighted by Crippen LogP contribution is 2.39. The molecule has 0 saturated heterocycles. The fourth-order valence-electron chi connectivity index (χ4n) is 7.37. The summed E-state index contributed by atoms with van der Waals surface area (Å²) in [5.74, 6) is 0.0760. The van der Waals surface area contributed by atoms with Crippen LogP contribution in [0.5, 0.6) is 0 Å². The number of para-hydroxylation sites is 4. The molecule has 0 radical (unpaired) electrons. The summed E-state index contributed by atoms with van der Waals surface area (Å²) in [4.78, 5) is 15.0. The van der Waals surface area contributed by atoms with E-state index in [-0.39, 0.29) is 134 Å². The second-order valence-corrected chi connectivity index (χ2v) is 13.1. The minimum Gasteiger partial charge on any atom is -0.308 e. The van der Waals surface area contributed by atoms with E-state index in [1.807, 2.05) is 72.8 Å². The van der Waals surface area contributed by atoms with E-state index in [0.29, 0.717) is 22.4 Å². The van der Waals surface area contributed by atoms with Crippen molar-refractivity contribution < 1.29 is 16.4 Å². The molecule has 0 spiro atoms. The van der Waals surface area contributed by atoms with Gasteiger partial charge in [-0.25, -0.2) is 4.98 Å². The quantitative estimate of drug-likeness (QED) is 0.171. The van der Waals surface area contributed by atoms with Crippen LogP contribution in [-0.4, -0.2) is 24.1 Å². The van der Waals surface area contributed by atoms with Crippen LogP contribution in [0.15, 0.2) is 200 Å². The molecule has 0 saturated carbocycles. The summed E-state index contributed by atoms with van der Waals surface area (Å²) in [5, 5.41) is 0.162. The lowest BCUT2D eigenvalue weighted by Crippen LogP contribution is -2.08. The monoisotopic (exact) mass is 727 g/mol. The van der Waals surface area contributed by atoms with Crippen LogP contribution in [0.4, 0.5) is 0 Å². The molecule has 5 nitrogen and oxygen atoms in total. The van der Waals surface area contributed by atoms with Crippen molar-refractivity contribution in [2.24, 2.45) is 0 Å². The Balaban J connectivity index is 1.29. The Hall–Kier alpha value is -7.63. The molecule has 5 heteroatoms. The molecule has 0 N–H and O–H groups in total. The first-order chi connectivity index (χ1) is 32.7. The van der Waals surface area contributed by atoms with Gasteiger partial charge in [0.15, 0.2) is 11.6 Å². The summed E-state index contributed by atoms with van der Waals surface area (Å²) in [5.41, 5.74) is 4.94. The number of fused-ring (bicyclic) bond motifs is 6. The topological polar surface area (TPSA) is 48.5 Å². The number of benzene rings is 8. The Morgan fingerprint density at radius 2 is 0.821 bits per heavy atom. The SMILES string of the molecule is [2H]c1cc([2H])c2c(c1[2H])c1c([2H])c([2H])cc([2H])c1n2-c1nc(-c2ccccc2)nc(-c2ccc(-c3cccc(-c4ccccc4)c3)cc2-n2c3c([2H])cc([2H])c([2H])c3c3c([2H])c([2H])cc([2H])c32)n1. The van der Waals surface area contributed by atoms with Crippen molar-refractivity contribution in [3.63, 3.8) is 0 Å². The van der Waals surface area contributed by atoms with Crippen molar-refractivity contribution in [2.75, 3.05) is 0 Å². The molecule has 56 heavy (non-hydrogen) atoms. The molecule has 11 aromatic rings. The molecule has 3 aromatic heterocycles. The van der Waals surface area contributed by atoms with E-state index < -0.39 is 0 Å². The van der Waals surface area contributed by atoms with Gasteiger partial charge in [-0.15, -0.1) is 0 Å². The summed E-state index contributed by atoms with van der Waals surface area (Å²) >= 11 is 0. The Kier molecular flexibility index (Phi) is 5.10. The van der Waals surface area contributed by atoms with Gasteiger partial charge < -0.3 is 4.57 Å². The maximum atomic E-state index is 9.34. The normalized spacial score (nSPS) is 14.6. The maximum absolute atomic E-state index is 9.34. The predicted molar refractivity (Wildman–Crippen MR) is 230 cm³/mol. The average Bonchev–Trinajstić information content (AvgIpc) is 3.91. The number of hydrogen-bond donors (Lipinski definition) is 0. The fourth-order valence-corrected chi connectivity index (χ4v) is 7.37. The van der Waals surface area contributed by atoms with E-state index >= 15 is 0 Å². The molecule has 0 bridgehead atoms. The van der Waals surface area contributed by atoms with Crippen molar-refractivity contribution in [3.8, 4) is 56.7 Å². The van der Waals surface area contributed by atoms with E-state index in [1.165, 1.54) is 28.8 Å². The summed E-state index contributed by atoms with van der Waals surface area (Å²) in [7, 11) is 0. The van der Waals surface area contributed by atoms with Crippen molar-refractivity contribution in [3.05, 3.63) is 200 Å². The van der Waals surface area contributed by atoms with Crippen LogP contribution >= 0.6 is 0 Å². The highest BCUT2D eigenvalue weighted by atomic mass is 15.2. The lowest BCUT2D eigenvalue weighted by atomic mass is 9.97. The van der Waals surface area contributed by atoms with Gasteiger partial charge in [-0.3, -0.25) is 4.57 Å². The van der Waals surface area contributed by atoms with Gasteiger partial charge in [-0.1, -0.05) is 158 Å². The van der Waals surface area contributed by atoms with Crippen molar-refractivity contribution in [1.82, 2.24) is 24.1 Å². The van der Waals surface area contributed by atoms with Crippen LogP contribution in [0, 0.1) is 0 Å². The Bertz CT molecular complexity index is 3800. The summed E-state index contributed by atoms with van der Waals surface area (Å²) < 4.78 is 111. The maximum Gasteiger partial charge on any atom is 0.238 e. The van der Waals surface area contributed by atoms with Crippen molar-refractivity contribution in [1.29, 1.82) is 0 Å². The molecule has 0 atom stereocenters. The Morgan fingerprint density at radius 1 is 0.357 bits per heavy atom. The molecule has 0 aliphatic rings. The molecule has 0 aliphatic heterocycles. The summed E-state index contributed by atoms with van der Waals surface area (Å²) in [6.45, 7) is 0. The van der Waals surface area contributed by atoms with Gasteiger partial charge in [0, 0.05) is 32.7 Å². The Morgan fingerprint density at radius 3 is 1.39 bits per heavy atom. The van der Waals surface area contributed by atoms with Gasteiger partial charge in [0.1, 0.15) is 0 Å². The van der Waals surface area contributed by atoms with Crippen LogP contribution in [0.3, 0.4) is 0 Å². The molecular formula is C51H33N5. The standard InChI is InChI=1S/C51H33N5/c1-3-16-34(17-4-1)36-20-15-21-37(32-36)38-30-31-43(48(33-38)55-44-26-11-7-22-39(44)40-23-8-12-27-45(40)55)50-52-49(35-18-5-2-6-19-35)53-51(54-50)56-46-28-13-9-24-41(46)42-25-10-14-29-47(42)56/h1-33H/i7D,8D,9D,10D,22D,23D,24D,25D,26D,27D,28D,29D. The van der Waals surface area contributed by atoms with Gasteiger partial charge in [0.2, 0.25) is 5.95 Å². The van der Waals surface area contributed by atoms with Crippen LogP contribution < -0.4 is 0 Å². The second kappa shape index (κ2) is 13.0. The van der Waals surface area contributed by atoms with Gasteiger partial charge in [0.05, 0.1) is 44.2 Å². The number of hydrogen-bond acceptors (Lipinski definition) is 3.